The number of nitrogens with two attached hydrogens (primary N) is 1. The molecule has 1 aliphatic heterocycles. The summed E-state index contributed by atoms with van der Waals surface area (Å²) < 4.78 is 5.75. The number of carbonyl (C=O) groups excluding carboxylic acids is 1. The van der Waals surface area contributed by atoms with Crippen LogP contribution in [0.2, 0.25) is 0 Å². The Bertz CT molecular complexity index is 431. The molecular weight excluding hydrogens is 238 g/mol. The molecule has 0 amide bonds. The lowest BCUT2D eigenvalue weighted by atomic mass is 9.83. The van der Waals surface area contributed by atoms with Crippen molar-refractivity contribution in [1.82, 2.24) is 0 Å². The summed E-state index contributed by atoms with van der Waals surface area (Å²) in [5.41, 5.74) is 1.41. The number of rotatable bonds is 3. The molecule has 3 heteroatoms. The molecule has 0 atom stereocenters. The van der Waals surface area contributed by atoms with Crippen LogP contribution < -0.4 is 5.32 Å². The van der Waals surface area contributed by atoms with Gasteiger partial charge in [0.25, 0.3) is 0 Å². The largest absolute Gasteiger partial charge is 0.456 e. The minimum absolute atomic E-state index is 0.209. The van der Waals surface area contributed by atoms with Gasteiger partial charge in [0.15, 0.2) is 0 Å². The number of piperidine rings is 1. The molecule has 19 heavy (non-hydrogen) atoms. The van der Waals surface area contributed by atoms with Crippen LogP contribution >= 0.6 is 0 Å². The molecule has 2 N–H and O–H groups in total. The normalized spacial score (nSPS) is 17.2. The molecule has 0 aliphatic carbocycles. The molecule has 1 fully saturated rings. The highest BCUT2D eigenvalue weighted by Gasteiger charge is 2.35. The van der Waals surface area contributed by atoms with Gasteiger partial charge in [0.2, 0.25) is 0 Å². The monoisotopic (exact) mass is 262 g/mol. The lowest BCUT2D eigenvalue weighted by Crippen LogP contribution is -2.86. The van der Waals surface area contributed by atoms with Crippen molar-refractivity contribution in [2.24, 2.45) is 5.92 Å². The van der Waals surface area contributed by atoms with Gasteiger partial charge < -0.3 is 10.1 Å². The summed E-state index contributed by atoms with van der Waals surface area (Å²) in [6.45, 7) is 8.36. The molecule has 1 heterocycles. The lowest BCUT2D eigenvalue weighted by Gasteiger charge is -2.35. The maximum atomic E-state index is 12.2. The summed E-state index contributed by atoms with van der Waals surface area (Å²) in [7, 11) is 0. The van der Waals surface area contributed by atoms with E-state index in [1.165, 1.54) is 0 Å². The van der Waals surface area contributed by atoms with Gasteiger partial charge in [-0.2, -0.15) is 0 Å². The fourth-order valence-corrected chi connectivity index (χ4v) is 2.69. The van der Waals surface area contributed by atoms with Gasteiger partial charge in [-0.15, -0.1) is 0 Å². The zero-order valence-electron chi connectivity index (χ0n) is 12.1. The predicted molar refractivity (Wildman–Crippen MR) is 75.1 cm³/mol. The molecule has 1 saturated heterocycles. The maximum Gasteiger partial charge on any atom is 0.338 e. The third-order valence-electron chi connectivity index (χ3n) is 4.06. The van der Waals surface area contributed by atoms with Crippen LogP contribution in [-0.2, 0) is 4.74 Å². The molecule has 2 rings (SSSR count). The number of quaternary nitrogens is 1. The van der Waals surface area contributed by atoms with Crippen molar-refractivity contribution < 1.29 is 14.8 Å². The van der Waals surface area contributed by atoms with E-state index in [9.17, 15) is 4.79 Å². The lowest BCUT2D eigenvalue weighted by molar-refractivity contribution is -0.665. The second kappa shape index (κ2) is 5.74. The van der Waals surface area contributed by atoms with Crippen molar-refractivity contribution in [1.29, 1.82) is 0 Å². The Morgan fingerprint density at radius 2 is 1.79 bits per heavy atom. The molecule has 1 aromatic rings. The number of esters is 1. The third-order valence-corrected chi connectivity index (χ3v) is 4.06. The Labute approximate surface area is 115 Å². The summed E-state index contributed by atoms with van der Waals surface area (Å²) >= 11 is 0. The first-order chi connectivity index (χ1) is 8.99. The predicted octanol–water partition coefficient (Wildman–Crippen LogP) is 1.90. The first-order valence-electron chi connectivity index (χ1n) is 7.11. The number of hydrogen-bond acceptors (Lipinski definition) is 2. The molecule has 0 radical (unpaired) electrons. The highest BCUT2D eigenvalue weighted by Crippen LogP contribution is 2.28. The topological polar surface area (TPSA) is 42.9 Å². The summed E-state index contributed by atoms with van der Waals surface area (Å²) in [6, 6.07) is 7.56. The van der Waals surface area contributed by atoms with E-state index in [1.54, 1.807) is 0 Å². The Morgan fingerprint density at radius 3 is 2.37 bits per heavy atom. The third kappa shape index (κ3) is 3.57. The van der Waals surface area contributed by atoms with Crippen molar-refractivity contribution in [3.63, 3.8) is 0 Å². The van der Waals surface area contributed by atoms with Crippen molar-refractivity contribution in [2.45, 2.75) is 39.2 Å². The molecule has 104 valence electrons. The maximum absolute atomic E-state index is 12.2. The molecule has 0 unspecified atom stereocenters. The van der Waals surface area contributed by atoms with Crippen LogP contribution in [0.3, 0.4) is 0 Å². The van der Waals surface area contributed by atoms with E-state index in [4.69, 9.17) is 4.74 Å². The molecule has 0 bridgehead atoms. The van der Waals surface area contributed by atoms with Gasteiger partial charge in [0.1, 0.15) is 5.60 Å². The molecule has 1 aromatic carbocycles. The van der Waals surface area contributed by atoms with Crippen molar-refractivity contribution in [2.75, 3.05) is 13.1 Å². The van der Waals surface area contributed by atoms with Gasteiger partial charge >= 0.3 is 5.97 Å². The molecular formula is C16H24NO2+. The fourth-order valence-electron chi connectivity index (χ4n) is 2.69. The van der Waals surface area contributed by atoms with Crippen LogP contribution in [0, 0.1) is 12.8 Å². The van der Waals surface area contributed by atoms with Gasteiger partial charge in [-0.3, -0.25) is 0 Å². The first kappa shape index (κ1) is 14.1. The van der Waals surface area contributed by atoms with E-state index in [0.717, 1.165) is 31.5 Å². The quantitative estimate of drug-likeness (QED) is 0.846. The fraction of sp³-hybridized carbons (Fsp3) is 0.562. The molecule has 0 saturated carbocycles. The van der Waals surface area contributed by atoms with E-state index in [-0.39, 0.29) is 11.6 Å². The van der Waals surface area contributed by atoms with Crippen LogP contribution in [-0.4, -0.2) is 24.7 Å². The van der Waals surface area contributed by atoms with Crippen LogP contribution in [0.5, 0.6) is 0 Å². The Morgan fingerprint density at radius 1 is 1.21 bits per heavy atom. The summed E-state index contributed by atoms with van der Waals surface area (Å²) in [5.74, 6) is 0.256. The highest BCUT2D eigenvalue weighted by atomic mass is 16.6. The van der Waals surface area contributed by atoms with Crippen molar-refractivity contribution in [3.8, 4) is 0 Å². The number of hydrogen-bond donors (Lipinski definition) is 1. The van der Waals surface area contributed by atoms with Gasteiger partial charge in [-0.25, -0.2) is 4.79 Å². The number of ether oxygens (including phenoxy) is 1. The summed E-state index contributed by atoms with van der Waals surface area (Å²) in [6.07, 6.45) is 2.24. The second-order valence-corrected chi connectivity index (χ2v) is 6.00. The zero-order valence-corrected chi connectivity index (χ0v) is 12.1. The van der Waals surface area contributed by atoms with Gasteiger partial charge in [0, 0.05) is 18.8 Å². The minimum atomic E-state index is -0.379. The van der Waals surface area contributed by atoms with Gasteiger partial charge in [-0.1, -0.05) is 17.7 Å². The number of benzene rings is 1. The first-order valence-corrected chi connectivity index (χ1v) is 7.11. The van der Waals surface area contributed by atoms with E-state index in [1.807, 2.05) is 45.0 Å². The molecule has 3 nitrogen and oxygen atoms in total. The van der Waals surface area contributed by atoms with Crippen molar-refractivity contribution in [3.05, 3.63) is 35.4 Å². The van der Waals surface area contributed by atoms with E-state index in [2.05, 4.69) is 5.32 Å². The smallest absolute Gasteiger partial charge is 0.338 e. The second-order valence-electron chi connectivity index (χ2n) is 6.00. The Kier molecular flexibility index (Phi) is 4.25. The molecule has 1 aliphatic rings. The van der Waals surface area contributed by atoms with Gasteiger partial charge in [0.05, 0.1) is 18.7 Å². The SMILES string of the molecule is Cc1ccc(C(=O)OC(C)(C)C2CC[NH2+]CC2)cc1. The average Bonchev–Trinajstić information content (AvgIpc) is 2.40. The zero-order chi connectivity index (χ0) is 13.9. The summed E-state index contributed by atoms with van der Waals surface area (Å²) in [4.78, 5) is 12.2. The Hall–Kier alpha value is -1.35. The van der Waals surface area contributed by atoms with Crippen LogP contribution in [0.1, 0.15) is 42.6 Å². The average molecular weight is 262 g/mol. The minimum Gasteiger partial charge on any atom is -0.456 e. The number of carbonyl (C=O) groups is 1. The van der Waals surface area contributed by atoms with Crippen LogP contribution in [0.4, 0.5) is 0 Å². The Balaban J connectivity index is 2.02. The highest BCUT2D eigenvalue weighted by molar-refractivity contribution is 5.89. The van der Waals surface area contributed by atoms with E-state index < -0.39 is 0 Å². The summed E-state index contributed by atoms with van der Waals surface area (Å²) in [5, 5.41) is 2.33. The molecule has 0 aromatic heterocycles. The van der Waals surface area contributed by atoms with Gasteiger partial charge in [-0.05, 0) is 32.9 Å². The van der Waals surface area contributed by atoms with Crippen LogP contribution in [0.15, 0.2) is 24.3 Å². The van der Waals surface area contributed by atoms with E-state index in [0.29, 0.717) is 11.5 Å². The standard InChI is InChI=1S/C16H23NO2/c1-12-4-6-13(7-5-12)15(18)19-16(2,3)14-8-10-17-11-9-14/h4-7,14,17H,8-11H2,1-3H3/p+1. The van der Waals surface area contributed by atoms with Crippen LogP contribution in [0.25, 0.3) is 0 Å². The number of aryl methyl sites for hydroxylation is 1. The molecule has 0 spiro atoms. The van der Waals surface area contributed by atoms with E-state index >= 15 is 0 Å². The van der Waals surface area contributed by atoms with Crippen molar-refractivity contribution >= 4 is 5.97 Å².